The minimum atomic E-state index is -0.457. The number of amides is 1. The van der Waals surface area contributed by atoms with Gasteiger partial charge < -0.3 is 16.4 Å². The lowest BCUT2D eigenvalue weighted by atomic mass is 10.1. The zero-order valence-corrected chi connectivity index (χ0v) is 17.4. The fourth-order valence-electron chi connectivity index (χ4n) is 3.31. The SMILES string of the molecule is N#Cc1c(N)ncnc1NCCc1nc2cccc(F)c2cc1C(=O)NCc1cccnc1. The second-order valence-electron chi connectivity index (χ2n) is 7.10. The quantitative estimate of drug-likeness (QED) is 0.396. The third kappa shape index (κ3) is 4.83. The zero-order chi connectivity index (χ0) is 23.2. The number of pyridine rings is 2. The maximum Gasteiger partial charge on any atom is 0.253 e. The molecule has 1 amide bonds. The molecule has 4 N–H and O–H groups in total. The highest BCUT2D eigenvalue weighted by Crippen LogP contribution is 2.21. The van der Waals surface area contributed by atoms with E-state index in [1.807, 2.05) is 12.1 Å². The van der Waals surface area contributed by atoms with Gasteiger partial charge in [-0.1, -0.05) is 12.1 Å². The Hall–Kier alpha value is -4.65. The highest BCUT2D eigenvalue weighted by Gasteiger charge is 2.17. The minimum absolute atomic E-state index is 0.0739. The van der Waals surface area contributed by atoms with E-state index in [2.05, 4.69) is 30.6 Å². The molecule has 10 heteroatoms. The summed E-state index contributed by atoms with van der Waals surface area (Å²) in [5, 5.41) is 15.4. The molecule has 0 aliphatic rings. The second kappa shape index (κ2) is 9.65. The van der Waals surface area contributed by atoms with Gasteiger partial charge in [-0.05, 0) is 29.8 Å². The molecule has 0 aliphatic carbocycles. The summed E-state index contributed by atoms with van der Waals surface area (Å²) in [6, 6.07) is 11.7. The first kappa shape index (κ1) is 21.6. The lowest BCUT2D eigenvalue weighted by Crippen LogP contribution is -2.25. The number of nitrogens with one attached hydrogen (secondary N) is 2. The maximum atomic E-state index is 14.4. The molecule has 0 fully saturated rings. The molecular weight excluding hydrogens is 423 g/mol. The molecule has 0 saturated carbocycles. The molecule has 0 radical (unpaired) electrons. The van der Waals surface area contributed by atoms with E-state index in [0.29, 0.717) is 30.0 Å². The van der Waals surface area contributed by atoms with Gasteiger partial charge in [0.1, 0.15) is 35.4 Å². The van der Waals surface area contributed by atoms with Crippen molar-refractivity contribution in [3.8, 4) is 6.07 Å². The van der Waals surface area contributed by atoms with E-state index in [1.165, 1.54) is 18.5 Å². The molecule has 33 heavy (non-hydrogen) atoms. The molecule has 0 bridgehead atoms. The van der Waals surface area contributed by atoms with Crippen LogP contribution in [0.15, 0.2) is 55.1 Å². The number of aromatic nitrogens is 4. The van der Waals surface area contributed by atoms with Crippen LogP contribution in [0.4, 0.5) is 16.0 Å². The van der Waals surface area contributed by atoms with Crippen LogP contribution in [-0.2, 0) is 13.0 Å². The van der Waals surface area contributed by atoms with Crippen LogP contribution < -0.4 is 16.4 Å². The monoisotopic (exact) mass is 442 g/mol. The predicted octanol–water partition coefficient (Wildman–Crippen LogP) is 2.60. The average Bonchev–Trinajstić information content (AvgIpc) is 2.83. The highest BCUT2D eigenvalue weighted by molar-refractivity contribution is 5.98. The van der Waals surface area contributed by atoms with Gasteiger partial charge in [0.25, 0.3) is 5.91 Å². The molecule has 1 aromatic carbocycles. The summed E-state index contributed by atoms with van der Waals surface area (Å²) in [6.45, 7) is 0.577. The molecule has 0 spiro atoms. The maximum absolute atomic E-state index is 14.4. The van der Waals surface area contributed by atoms with Gasteiger partial charge in [0.15, 0.2) is 0 Å². The number of nitrogen functional groups attached to an aromatic ring is 1. The number of benzene rings is 1. The predicted molar refractivity (Wildman–Crippen MR) is 120 cm³/mol. The van der Waals surface area contributed by atoms with Gasteiger partial charge in [0.2, 0.25) is 0 Å². The van der Waals surface area contributed by atoms with Gasteiger partial charge >= 0.3 is 0 Å². The molecule has 3 aromatic heterocycles. The van der Waals surface area contributed by atoms with E-state index in [4.69, 9.17) is 5.73 Å². The Morgan fingerprint density at radius 3 is 2.88 bits per heavy atom. The van der Waals surface area contributed by atoms with E-state index in [0.717, 1.165) is 5.56 Å². The van der Waals surface area contributed by atoms with Crippen molar-refractivity contribution in [1.82, 2.24) is 25.3 Å². The van der Waals surface area contributed by atoms with Crippen LogP contribution in [0.25, 0.3) is 10.9 Å². The molecule has 164 valence electrons. The molecule has 0 atom stereocenters. The number of nitrogens with zero attached hydrogens (tertiary/aromatic N) is 5. The van der Waals surface area contributed by atoms with Gasteiger partial charge in [-0.3, -0.25) is 14.8 Å². The molecule has 4 aromatic rings. The van der Waals surface area contributed by atoms with E-state index in [-0.39, 0.29) is 34.8 Å². The molecule has 0 unspecified atom stereocenters. The average molecular weight is 442 g/mol. The first-order chi connectivity index (χ1) is 16.1. The van der Waals surface area contributed by atoms with Gasteiger partial charge in [0, 0.05) is 37.3 Å². The van der Waals surface area contributed by atoms with Crippen LogP contribution in [0.5, 0.6) is 0 Å². The van der Waals surface area contributed by atoms with Crippen molar-refractivity contribution in [3.63, 3.8) is 0 Å². The smallest absolute Gasteiger partial charge is 0.253 e. The van der Waals surface area contributed by atoms with Crippen LogP contribution in [0.3, 0.4) is 0 Å². The molecule has 0 aliphatic heterocycles. The topological polar surface area (TPSA) is 142 Å². The third-order valence-corrected chi connectivity index (χ3v) is 4.95. The Labute approximate surface area is 188 Å². The second-order valence-corrected chi connectivity index (χ2v) is 7.10. The zero-order valence-electron chi connectivity index (χ0n) is 17.4. The van der Waals surface area contributed by atoms with Crippen LogP contribution >= 0.6 is 0 Å². The lowest BCUT2D eigenvalue weighted by Gasteiger charge is -2.13. The van der Waals surface area contributed by atoms with Crippen molar-refractivity contribution in [2.45, 2.75) is 13.0 Å². The summed E-state index contributed by atoms with van der Waals surface area (Å²) >= 11 is 0. The fourth-order valence-corrected chi connectivity index (χ4v) is 3.31. The Balaban J connectivity index is 1.58. The molecule has 9 nitrogen and oxygen atoms in total. The number of carbonyl (C=O) groups is 1. The summed E-state index contributed by atoms with van der Waals surface area (Å²) in [4.78, 5) is 29.4. The standard InChI is InChI=1S/C23H19FN8O/c24-18-4-1-5-19-15(18)9-16(23(33)29-12-14-3-2-7-27-11-14)20(32-19)6-8-28-22-17(10-25)21(26)30-13-31-22/h1-5,7,9,11,13H,6,8,12H2,(H,29,33)(H3,26,28,30,31). The lowest BCUT2D eigenvalue weighted by molar-refractivity contribution is 0.0949. The molecule has 3 heterocycles. The summed E-state index contributed by atoms with van der Waals surface area (Å²) in [5.74, 6) is -0.471. The van der Waals surface area contributed by atoms with E-state index in [1.54, 1.807) is 30.6 Å². The third-order valence-electron chi connectivity index (χ3n) is 4.95. The summed E-state index contributed by atoms with van der Waals surface area (Å²) in [5.41, 5.74) is 7.87. The van der Waals surface area contributed by atoms with Crippen molar-refractivity contribution in [2.24, 2.45) is 0 Å². The van der Waals surface area contributed by atoms with Crippen LogP contribution in [0.2, 0.25) is 0 Å². The Kier molecular flexibility index (Phi) is 6.31. The summed E-state index contributed by atoms with van der Waals surface area (Å²) in [6.07, 6.45) is 4.88. The van der Waals surface area contributed by atoms with Crippen LogP contribution in [-0.4, -0.2) is 32.4 Å². The van der Waals surface area contributed by atoms with Gasteiger partial charge in [-0.15, -0.1) is 0 Å². The first-order valence-corrected chi connectivity index (χ1v) is 10.1. The summed E-state index contributed by atoms with van der Waals surface area (Å²) in [7, 11) is 0. The number of hydrogen-bond donors (Lipinski definition) is 3. The number of nitrogens with two attached hydrogens (primary N) is 1. The Morgan fingerprint density at radius 1 is 1.21 bits per heavy atom. The number of nitriles is 1. The van der Waals surface area contributed by atoms with Gasteiger partial charge in [-0.2, -0.15) is 5.26 Å². The molecular formula is C23H19FN8O. The normalized spacial score (nSPS) is 10.5. The molecule has 0 saturated heterocycles. The van der Waals surface area contributed by atoms with Crippen molar-refractivity contribution in [1.29, 1.82) is 5.26 Å². The number of hydrogen-bond acceptors (Lipinski definition) is 8. The van der Waals surface area contributed by atoms with E-state index in [9.17, 15) is 14.4 Å². The number of halogens is 1. The number of rotatable bonds is 7. The summed E-state index contributed by atoms with van der Waals surface area (Å²) < 4.78 is 14.4. The van der Waals surface area contributed by atoms with E-state index >= 15 is 0 Å². The van der Waals surface area contributed by atoms with Gasteiger partial charge in [0.05, 0.1) is 16.8 Å². The van der Waals surface area contributed by atoms with Crippen molar-refractivity contribution < 1.29 is 9.18 Å². The first-order valence-electron chi connectivity index (χ1n) is 10.1. The highest BCUT2D eigenvalue weighted by atomic mass is 19.1. The van der Waals surface area contributed by atoms with Gasteiger partial charge in [-0.25, -0.2) is 14.4 Å². The largest absolute Gasteiger partial charge is 0.382 e. The van der Waals surface area contributed by atoms with Crippen molar-refractivity contribution in [2.75, 3.05) is 17.6 Å². The van der Waals surface area contributed by atoms with Crippen LogP contribution in [0.1, 0.15) is 27.2 Å². The number of anilines is 2. The number of fused-ring (bicyclic) bond motifs is 1. The Morgan fingerprint density at radius 2 is 2.09 bits per heavy atom. The van der Waals surface area contributed by atoms with Crippen LogP contribution in [0, 0.1) is 17.1 Å². The van der Waals surface area contributed by atoms with E-state index < -0.39 is 5.82 Å². The minimum Gasteiger partial charge on any atom is -0.382 e. The Bertz CT molecular complexity index is 1350. The van der Waals surface area contributed by atoms with Crippen molar-refractivity contribution >= 4 is 28.4 Å². The fraction of sp³-hybridized carbons (Fsp3) is 0.130. The molecule has 4 rings (SSSR count). The number of carbonyl (C=O) groups excluding carboxylic acids is 1. The van der Waals surface area contributed by atoms with Crippen molar-refractivity contribution in [3.05, 3.63) is 83.3 Å².